The molecule has 2 amide bonds. The largest absolute Gasteiger partial charge is 0.476 e. The third kappa shape index (κ3) is 5.31. The molecule has 0 spiro atoms. The van der Waals surface area contributed by atoms with Crippen LogP contribution in [0.5, 0.6) is 5.75 Å². The lowest BCUT2D eigenvalue weighted by molar-refractivity contribution is -0.135. The van der Waals surface area contributed by atoms with Crippen LogP contribution in [-0.4, -0.2) is 40.5 Å². The van der Waals surface area contributed by atoms with Crippen molar-refractivity contribution >= 4 is 29.2 Å². The number of nitrogens with two attached hydrogens (primary N) is 1. The van der Waals surface area contributed by atoms with Crippen molar-refractivity contribution in [3.05, 3.63) is 77.2 Å². The highest BCUT2D eigenvalue weighted by molar-refractivity contribution is 6.32. The van der Waals surface area contributed by atoms with Gasteiger partial charge in [-0.2, -0.15) is 0 Å². The van der Waals surface area contributed by atoms with E-state index in [0.717, 1.165) is 42.6 Å². The molecule has 2 bridgehead atoms. The van der Waals surface area contributed by atoms with Crippen molar-refractivity contribution in [1.82, 2.24) is 10.3 Å². The summed E-state index contributed by atoms with van der Waals surface area (Å²) in [4.78, 5) is 31.4. The van der Waals surface area contributed by atoms with Gasteiger partial charge >= 0.3 is 0 Å². The number of carbonyl (C=O) groups is 2. The number of amides is 2. The number of hydrogen-bond donors (Lipinski definition) is 2. The second-order valence-electron chi connectivity index (χ2n) is 10.5. The van der Waals surface area contributed by atoms with Gasteiger partial charge in [0.15, 0.2) is 5.60 Å². The Morgan fingerprint density at radius 2 is 1.71 bits per heavy atom. The smallest absolute Gasteiger partial charge is 0.263 e. The molecule has 0 saturated carbocycles. The highest BCUT2D eigenvalue weighted by Gasteiger charge is 2.43. The number of fused-ring (bicyclic) bond motifs is 2. The molecule has 3 N–H and O–H groups in total. The molecule has 2 fully saturated rings. The molecule has 38 heavy (non-hydrogen) atoms. The number of anilines is 1. The fraction of sp³-hybridized carbons (Fsp3) is 0.345. The number of carbonyl (C=O) groups excluding carboxylic acids is 2. The minimum Gasteiger partial charge on any atom is -0.476 e. The van der Waals surface area contributed by atoms with E-state index in [9.17, 15) is 14.0 Å². The summed E-state index contributed by atoms with van der Waals surface area (Å²) in [5.41, 5.74) is 6.23. The molecule has 2 aliphatic heterocycles. The molecule has 2 aliphatic rings. The lowest BCUT2D eigenvalue weighted by Crippen LogP contribution is -2.55. The molecule has 5 rings (SSSR count). The molecule has 2 unspecified atom stereocenters. The third-order valence-corrected chi connectivity index (χ3v) is 7.68. The Balaban J connectivity index is 1.22. The Morgan fingerprint density at radius 3 is 2.29 bits per heavy atom. The molecule has 7 nitrogen and oxygen atoms in total. The summed E-state index contributed by atoms with van der Waals surface area (Å²) in [5.74, 6) is 0.218. The van der Waals surface area contributed by atoms with Gasteiger partial charge in [-0.15, -0.1) is 0 Å². The van der Waals surface area contributed by atoms with Crippen LogP contribution in [0.3, 0.4) is 0 Å². The minimum absolute atomic E-state index is 0.0142. The average molecular weight is 537 g/mol. The van der Waals surface area contributed by atoms with Crippen LogP contribution in [0.1, 0.15) is 49.9 Å². The van der Waals surface area contributed by atoms with E-state index in [1.165, 1.54) is 18.3 Å². The molecular weight excluding hydrogens is 507 g/mol. The van der Waals surface area contributed by atoms with E-state index in [0.29, 0.717) is 16.3 Å². The van der Waals surface area contributed by atoms with Gasteiger partial charge in [-0.25, -0.2) is 9.37 Å². The molecule has 2 saturated heterocycles. The van der Waals surface area contributed by atoms with E-state index in [1.807, 2.05) is 12.1 Å². The quantitative estimate of drug-likeness (QED) is 0.437. The number of piperidine rings is 1. The first-order valence-electron chi connectivity index (χ1n) is 12.7. The standard InChI is InChI=1S/C29H30ClFN4O3/c1-29(2,38-25-11-5-18(13-24(25)30)17-3-7-20(31)8-4-17)28(37)34-21-14-22-9-10-23(15-21)35(22)26-12-6-19(16-33-26)27(32)36/h3-8,11-13,16,21-23H,9-10,14-15H2,1-2H3,(H2,32,36)(H,34,37). The molecule has 0 aliphatic carbocycles. The number of nitrogens with zero attached hydrogens (tertiary/aromatic N) is 2. The van der Waals surface area contributed by atoms with Crippen molar-refractivity contribution in [3.8, 4) is 16.9 Å². The van der Waals surface area contributed by atoms with Crippen LogP contribution < -0.4 is 20.7 Å². The fourth-order valence-corrected chi connectivity index (χ4v) is 5.66. The predicted molar refractivity (Wildman–Crippen MR) is 145 cm³/mol. The van der Waals surface area contributed by atoms with Crippen molar-refractivity contribution in [1.29, 1.82) is 0 Å². The molecular formula is C29H30ClFN4O3. The lowest BCUT2D eigenvalue weighted by Gasteiger charge is -2.40. The van der Waals surface area contributed by atoms with Gasteiger partial charge in [0, 0.05) is 24.3 Å². The zero-order valence-corrected chi connectivity index (χ0v) is 22.0. The Bertz CT molecular complexity index is 1330. The van der Waals surface area contributed by atoms with Gasteiger partial charge in [0.2, 0.25) is 5.91 Å². The van der Waals surface area contributed by atoms with Gasteiger partial charge in [-0.3, -0.25) is 9.59 Å². The minimum atomic E-state index is -1.15. The number of aromatic nitrogens is 1. The van der Waals surface area contributed by atoms with Crippen LogP contribution in [0.25, 0.3) is 11.1 Å². The number of pyridine rings is 1. The van der Waals surface area contributed by atoms with Crippen LogP contribution in [0.4, 0.5) is 10.2 Å². The van der Waals surface area contributed by atoms with Gasteiger partial charge in [0.25, 0.3) is 5.91 Å². The molecule has 9 heteroatoms. The average Bonchev–Trinajstić information content (AvgIpc) is 3.15. The third-order valence-electron chi connectivity index (χ3n) is 7.39. The monoisotopic (exact) mass is 536 g/mol. The van der Waals surface area contributed by atoms with Crippen LogP contribution in [0, 0.1) is 5.82 Å². The number of nitrogens with one attached hydrogen (secondary N) is 1. The molecule has 0 radical (unpaired) electrons. The van der Waals surface area contributed by atoms with Crippen molar-refractivity contribution < 1.29 is 18.7 Å². The van der Waals surface area contributed by atoms with Crippen LogP contribution in [-0.2, 0) is 4.79 Å². The Hall–Kier alpha value is -3.65. The van der Waals surface area contributed by atoms with Crippen molar-refractivity contribution in [2.24, 2.45) is 5.73 Å². The zero-order chi connectivity index (χ0) is 27.0. The molecule has 2 aromatic carbocycles. The first-order valence-corrected chi connectivity index (χ1v) is 13.1. The van der Waals surface area contributed by atoms with Crippen molar-refractivity contribution in [3.63, 3.8) is 0 Å². The fourth-order valence-electron chi connectivity index (χ4n) is 5.44. The number of benzene rings is 2. The molecule has 3 aromatic rings. The van der Waals surface area contributed by atoms with Gasteiger partial charge in [0.1, 0.15) is 17.4 Å². The number of halogens is 2. The van der Waals surface area contributed by atoms with Crippen LogP contribution in [0.15, 0.2) is 60.8 Å². The molecule has 2 atom stereocenters. The number of rotatable bonds is 7. The van der Waals surface area contributed by atoms with E-state index < -0.39 is 11.5 Å². The summed E-state index contributed by atoms with van der Waals surface area (Å²) in [6.45, 7) is 3.45. The lowest BCUT2D eigenvalue weighted by atomic mass is 9.96. The maximum atomic E-state index is 13.3. The second kappa shape index (κ2) is 10.3. The summed E-state index contributed by atoms with van der Waals surface area (Å²) in [5, 5.41) is 3.56. The summed E-state index contributed by atoms with van der Waals surface area (Å²) in [6, 6.07) is 15.5. The SMILES string of the molecule is CC(C)(Oc1ccc(-c2ccc(F)cc2)cc1Cl)C(=O)NC1CC2CCC(C1)N2c1ccc(C(N)=O)cn1. The molecule has 3 heterocycles. The predicted octanol–water partition coefficient (Wildman–Crippen LogP) is 5.11. The van der Waals surface area contributed by atoms with Gasteiger partial charge in [0.05, 0.1) is 10.6 Å². The van der Waals surface area contributed by atoms with E-state index in [2.05, 4.69) is 15.2 Å². The first kappa shape index (κ1) is 26.0. The van der Waals surface area contributed by atoms with Crippen molar-refractivity contribution in [2.45, 2.75) is 63.3 Å². The molecule has 1 aromatic heterocycles. The van der Waals surface area contributed by atoms with Crippen molar-refractivity contribution in [2.75, 3.05) is 4.90 Å². The highest BCUT2D eigenvalue weighted by atomic mass is 35.5. The summed E-state index contributed by atoms with van der Waals surface area (Å²) in [6.07, 6.45) is 5.15. The second-order valence-corrected chi connectivity index (χ2v) is 10.9. The Labute approximate surface area is 226 Å². The number of primary amides is 1. The summed E-state index contributed by atoms with van der Waals surface area (Å²) in [7, 11) is 0. The molecule has 198 valence electrons. The van der Waals surface area contributed by atoms with Crippen LogP contribution in [0.2, 0.25) is 5.02 Å². The van der Waals surface area contributed by atoms with E-state index >= 15 is 0 Å². The van der Waals surface area contributed by atoms with E-state index in [-0.39, 0.29) is 29.8 Å². The number of ether oxygens (including phenoxy) is 1. The van der Waals surface area contributed by atoms with E-state index in [1.54, 1.807) is 44.2 Å². The maximum Gasteiger partial charge on any atom is 0.263 e. The van der Waals surface area contributed by atoms with E-state index in [4.69, 9.17) is 22.1 Å². The van der Waals surface area contributed by atoms with Gasteiger partial charge < -0.3 is 20.7 Å². The van der Waals surface area contributed by atoms with Gasteiger partial charge in [-0.1, -0.05) is 29.8 Å². The highest BCUT2D eigenvalue weighted by Crippen LogP contribution is 2.39. The normalized spacial score (nSPS) is 20.7. The summed E-state index contributed by atoms with van der Waals surface area (Å²) < 4.78 is 19.3. The Morgan fingerprint density at radius 1 is 1.05 bits per heavy atom. The van der Waals surface area contributed by atoms with Gasteiger partial charge in [-0.05, 0) is 87.1 Å². The maximum absolute atomic E-state index is 13.3. The first-order chi connectivity index (χ1) is 18.1. The zero-order valence-electron chi connectivity index (χ0n) is 21.3. The Kier molecular flexibility index (Phi) is 7.01. The number of hydrogen-bond acceptors (Lipinski definition) is 5. The summed E-state index contributed by atoms with van der Waals surface area (Å²) >= 11 is 6.49. The topological polar surface area (TPSA) is 97.5 Å². The van der Waals surface area contributed by atoms with Crippen LogP contribution >= 0.6 is 11.6 Å².